The molecule has 0 fully saturated rings. The molecular weight excluding hydrogens is 286 g/mol. The van der Waals surface area contributed by atoms with Crippen LogP contribution < -0.4 is 11.1 Å². The van der Waals surface area contributed by atoms with Crippen LogP contribution in [0, 0.1) is 0 Å². The first-order chi connectivity index (χ1) is 8.34. The van der Waals surface area contributed by atoms with Gasteiger partial charge in [0, 0.05) is 11.6 Å². The summed E-state index contributed by atoms with van der Waals surface area (Å²) in [7, 11) is 2.22. The van der Waals surface area contributed by atoms with E-state index in [1.54, 1.807) is 0 Å². The third kappa shape index (κ3) is 4.20. The van der Waals surface area contributed by atoms with Crippen LogP contribution in [0.1, 0.15) is 5.56 Å². The lowest BCUT2D eigenvalue weighted by atomic mass is 10.2. The maximum atomic E-state index is 12.3. The van der Waals surface area contributed by atoms with Crippen LogP contribution in [0.15, 0.2) is 40.2 Å². The van der Waals surface area contributed by atoms with Crippen molar-refractivity contribution in [2.45, 2.75) is 6.18 Å². The number of nitrogens with two attached hydrogens (primary N) is 1. The Morgan fingerprint density at radius 1 is 1.33 bits per heavy atom. The molecule has 3 N–H and O–H groups in total. The van der Waals surface area contributed by atoms with Crippen LogP contribution >= 0.6 is 20.8 Å². The lowest BCUT2D eigenvalue weighted by Crippen LogP contribution is -2.11. The highest BCUT2D eigenvalue weighted by Crippen LogP contribution is 2.30. The number of anilines is 1. The third-order valence-electron chi connectivity index (χ3n) is 1.90. The number of halogens is 4. The van der Waals surface area contributed by atoms with Gasteiger partial charge in [0.15, 0.2) is 5.16 Å². The van der Waals surface area contributed by atoms with E-state index in [0.717, 1.165) is 12.1 Å². The molecular formula is C10H10ClF3N3P. The number of hydrogen-bond acceptors (Lipinski definition) is 3. The largest absolute Gasteiger partial charge is 0.416 e. The molecule has 8 heteroatoms. The molecule has 0 bridgehead atoms. The monoisotopic (exact) mass is 295 g/mol. The zero-order valence-electron chi connectivity index (χ0n) is 9.00. The second-order valence-electron chi connectivity index (χ2n) is 3.18. The number of aliphatic imine (C=N–C) groups is 1. The average Bonchev–Trinajstić information content (AvgIpc) is 2.28. The van der Waals surface area contributed by atoms with Gasteiger partial charge in [-0.2, -0.15) is 13.2 Å². The first-order valence-electron chi connectivity index (χ1n) is 4.68. The highest BCUT2D eigenvalue weighted by Gasteiger charge is 2.29. The van der Waals surface area contributed by atoms with E-state index in [2.05, 4.69) is 19.5 Å². The van der Waals surface area contributed by atoms with Crippen molar-refractivity contribution in [3.05, 3.63) is 40.8 Å². The minimum Gasteiger partial charge on any atom is -0.383 e. The quantitative estimate of drug-likeness (QED) is 0.510. The third-order valence-corrected chi connectivity index (χ3v) is 2.35. The summed E-state index contributed by atoms with van der Waals surface area (Å²) in [6.45, 7) is 0. The molecule has 0 saturated heterocycles. The van der Waals surface area contributed by atoms with Crippen molar-refractivity contribution >= 4 is 32.5 Å². The van der Waals surface area contributed by atoms with E-state index in [1.165, 1.54) is 18.1 Å². The summed E-state index contributed by atoms with van der Waals surface area (Å²) in [5, 5.41) is 2.66. The van der Waals surface area contributed by atoms with Crippen LogP contribution in [0.4, 0.5) is 18.9 Å². The van der Waals surface area contributed by atoms with E-state index >= 15 is 0 Å². The first-order valence-corrected chi connectivity index (χ1v) is 5.73. The molecule has 0 spiro atoms. The highest BCUT2D eigenvalue weighted by molar-refractivity contribution is 7.36. The Morgan fingerprint density at radius 2 is 1.89 bits per heavy atom. The van der Waals surface area contributed by atoms with Gasteiger partial charge in [0.1, 0.15) is 5.82 Å². The topological polar surface area (TPSA) is 50.4 Å². The van der Waals surface area contributed by atoms with Gasteiger partial charge >= 0.3 is 6.18 Å². The predicted octanol–water partition coefficient (Wildman–Crippen LogP) is 3.34. The first kappa shape index (κ1) is 14.8. The molecule has 0 aliphatic rings. The SMILES string of the molecule is N/C(Nc1ccc(C(F)(F)F)cc1)=C(/Cl)N=CP. The summed E-state index contributed by atoms with van der Waals surface area (Å²) in [5.41, 5.74) is 5.21. The second-order valence-corrected chi connectivity index (χ2v) is 3.84. The fourth-order valence-corrected chi connectivity index (χ4v) is 1.43. The molecule has 18 heavy (non-hydrogen) atoms. The van der Waals surface area contributed by atoms with Crippen molar-refractivity contribution in [3.8, 4) is 0 Å². The minimum atomic E-state index is -4.36. The summed E-state index contributed by atoms with van der Waals surface area (Å²) in [5.74, 6) is 1.42. The normalized spacial score (nSPS) is 13.6. The number of nitrogens with zero attached hydrogens (tertiary/aromatic N) is 1. The van der Waals surface area contributed by atoms with Crippen LogP contribution in [0.5, 0.6) is 0 Å². The molecule has 1 aromatic rings. The van der Waals surface area contributed by atoms with Gasteiger partial charge in [-0.05, 0) is 24.3 Å². The summed E-state index contributed by atoms with van der Waals surface area (Å²) < 4.78 is 36.9. The van der Waals surface area contributed by atoms with E-state index in [9.17, 15) is 13.2 Å². The molecule has 1 aromatic carbocycles. The lowest BCUT2D eigenvalue weighted by molar-refractivity contribution is -0.137. The molecule has 0 aliphatic carbocycles. The molecule has 0 radical (unpaired) electrons. The summed E-state index contributed by atoms with van der Waals surface area (Å²) >= 11 is 5.69. The van der Waals surface area contributed by atoms with Crippen molar-refractivity contribution in [1.29, 1.82) is 0 Å². The van der Waals surface area contributed by atoms with Gasteiger partial charge in [-0.1, -0.05) is 20.8 Å². The second kappa shape index (κ2) is 6.07. The number of benzene rings is 1. The fraction of sp³-hybridized carbons (Fsp3) is 0.100. The number of rotatable bonds is 3. The molecule has 3 nitrogen and oxygen atoms in total. The minimum absolute atomic E-state index is 0.0184. The van der Waals surface area contributed by atoms with Gasteiger partial charge in [-0.3, -0.25) is 0 Å². The van der Waals surface area contributed by atoms with Crippen LogP contribution in [-0.2, 0) is 6.18 Å². The van der Waals surface area contributed by atoms with Crippen molar-refractivity contribution in [2.24, 2.45) is 10.7 Å². The van der Waals surface area contributed by atoms with E-state index in [0.29, 0.717) is 5.69 Å². The number of alkyl halides is 3. The summed E-state index contributed by atoms with van der Waals surface area (Å²) in [4.78, 5) is 3.69. The Morgan fingerprint density at radius 3 is 2.33 bits per heavy atom. The van der Waals surface area contributed by atoms with Crippen LogP contribution in [0.2, 0.25) is 0 Å². The molecule has 0 saturated carbocycles. The summed E-state index contributed by atoms with van der Waals surface area (Å²) in [6, 6.07) is 4.40. The van der Waals surface area contributed by atoms with Crippen molar-refractivity contribution in [3.63, 3.8) is 0 Å². The van der Waals surface area contributed by atoms with E-state index in [1.807, 2.05) is 0 Å². The zero-order valence-corrected chi connectivity index (χ0v) is 10.9. The van der Waals surface area contributed by atoms with Gasteiger partial charge in [0.05, 0.1) is 5.56 Å². The molecule has 0 aromatic heterocycles. The van der Waals surface area contributed by atoms with Crippen LogP contribution in [0.3, 0.4) is 0 Å². The van der Waals surface area contributed by atoms with Crippen molar-refractivity contribution in [2.75, 3.05) is 5.32 Å². The maximum Gasteiger partial charge on any atom is 0.416 e. The zero-order chi connectivity index (χ0) is 13.8. The van der Waals surface area contributed by atoms with E-state index < -0.39 is 11.7 Å². The van der Waals surface area contributed by atoms with Crippen molar-refractivity contribution in [1.82, 2.24) is 0 Å². The molecule has 0 heterocycles. The van der Waals surface area contributed by atoms with Crippen molar-refractivity contribution < 1.29 is 13.2 Å². The standard InChI is InChI=1S/C10H10ClF3N3P/c11-8(16-5-18)9(15)17-7-3-1-6(2-4-7)10(12,13)14/h1-5,17H,15,18H2/b9-8+,16-5?. The molecule has 98 valence electrons. The van der Waals surface area contributed by atoms with Gasteiger partial charge in [0.2, 0.25) is 0 Å². The van der Waals surface area contributed by atoms with Gasteiger partial charge in [-0.25, -0.2) is 4.99 Å². The Hall–Kier alpha value is -1.26. The molecule has 0 amide bonds. The Bertz CT molecular complexity index is 468. The maximum absolute atomic E-state index is 12.3. The van der Waals surface area contributed by atoms with Gasteiger partial charge in [0.25, 0.3) is 0 Å². The average molecular weight is 296 g/mol. The Kier molecular flexibility index (Phi) is 4.99. The number of hydrogen-bond donors (Lipinski definition) is 2. The van der Waals surface area contributed by atoms with Gasteiger partial charge < -0.3 is 11.1 Å². The van der Waals surface area contributed by atoms with E-state index in [-0.39, 0.29) is 11.0 Å². The molecule has 1 unspecified atom stereocenters. The van der Waals surface area contributed by atoms with Crippen LogP contribution in [0.25, 0.3) is 0 Å². The smallest absolute Gasteiger partial charge is 0.383 e. The lowest BCUT2D eigenvalue weighted by Gasteiger charge is -2.09. The Labute approximate surface area is 109 Å². The molecule has 0 aliphatic heterocycles. The molecule has 1 atom stereocenters. The fourth-order valence-electron chi connectivity index (χ4n) is 1.08. The highest BCUT2D eigenvalue weighted by atomic mass is 35.5. The Balaban J connectivity index is 2.85. The predicted molar refractivity (Wildman–Crippen MR) is 70.3 cm³/mol. The van der Waals surface area contributed by atoms with Gasteiger partial charge in [-0.15, -0.1) is 0 Å². The number of nitrogens with one attached hydrogen (secondary N) is 1. The van der Waals surface area contributed by atoms with E-state index in [4.69, 9.17) is 17.3 Å². The summed E-state index contributed by atoms with van der Waals surface area (Å²) in [6.07, 6.45) is -4.36. The van der Waals surface area contributed by atoms with Crippen LogP contribution in [-0.4, -0.2) is 5.96 Å². The molecule has 1 rings (SSSR count).